The van der Waals surface area contributed by atoms with E-state index < -0.39 is 0 Å². The highest BCUT2D eigenvalue weighted by Gasteiger charge is 2.87. The number of epoxide rings is 2. The molecule has 2 saturated heterocycles. The van der Waals surface area contributed by atoms with E-state index in [-0.39, 0.29) is 28.0 Å². The summed E-state index contributed by atoms with van der Waals surface area (Å²) in [7, 11) is 1.55. The summed E-state index contributed by atoms with van der Waals surface area (Å²) in [6.07, 6.45) is 9.70. The van der Waals surface area contributed by atoms with Gasteiger partial charge in [0.1, 0.15) is 5.60 Å². The first-order chi connectivity index (χ1) is 11.9. The number of carbonyl (C=O) groups is 1. The number of esters is 1. The SMILES string of the molecule is COC(=O)[C@]1(C)CCC[C@]2(C)[C@@H]1CC[C@@]13C[C@@H](C[C@@H]4O[C@@]412)[C@@]1(CO1)C3. The van der Waals surface area contributed by atoms with Crippen LogP contribution in [0.4, 0.5) is 0 Å². The van der Waals surface area contributed by atoms with Crippen LogP contribution in [0.3, 0.4) is 0 Å². The standard InChI is InChI=1S/C21H30O4/c1-17(16(22)23-3)6-4-7-18(2)14(17)5-8-19-10-13(20(11-19)12-24-20)9-15-21(18,19)25-15/h13-15H,4-12H2,1-3H3/t13-,14-,15+,17-,18-,19+,20+,21-/m1/s1. The van der Waals surface area contributed by atoms with Crippen LogP contribution in [-0.4, -0.2) is 37.0 Å². The lowest BCUT2D eigenvalue weighted by atomic mass is 9.40. The molecule has 8 atom stereocenters. The number of ether oxygens (including phenoxy) is 3. The minimum atomic E-state index is -0.349. The van der Waals surface area contributed by atoms with Crippen molar-refractivity contribution in [3.8, 4) is 0 Å². The number of hydrogen-bond donors (Lipinski definition) is 0. The summed E-state index contributed by atoms with van der Waals surface area (Å²) in [5.74, 6) is 1.09. The maximum absolute atomic E-state index is 12.8. The van der Waals surface area contributed by atoms with Crippen molar-refractivity contribution in [1.29, 1.82) is 0 Å². The minimum Gasteiger partial charge on any atom is -0.469 e. The molecule has 6 fully saturated rings. The van der Waals surface area contributed by atoms with Crippen LogP contribution in [0.25, 0.3) is 0 Å². The van der Waals surface area contributed by atoms with Crippen molar-refractivity contribution in [2.75, 3.05) is 13.7 Å². The van der Waals surface area contributed by atoms with Crippen LogP contribution in [-0.2, 0) is 19.0 Å². The van der Waals surface area contributed by atoms with Crippen molar-refractivity contribution in [3.05, 3.63) is 0 Å². The molecule has 6 aliphatic rings. The average Bonchev–Trinajstić information content (AvgIpc) is 3.46. The lowest BCUT2D eigenvalue weighted by Crippen LogP contribution is -2.64. The molecular formula is C21H30O4. The highest BCUT2D eigenvalue weighted by molar-refractivity contribution is 5.77. The third kappa shape index (κ3) is 1.43. The zero-order valence-electron chi connectivity index (χ0n) is 15.7. The number of fused-ring (bicyclic) bond motifs is 3. The zero-order valence-corrected chi connectivity index (χ0v) is 15.7. The Bertz CT molecular complexity index is 671. The summed E-state index contributed by atoms with van der Waals surface area (Å²) < 4.78 is 18.0. The lowest BCUT2D eigenvalue weighted by Gasteiger charge is -2.62. The molecule has 4 saturated carbocycles. The van der Waals surface area contributed by atoms with Crippen molar-refractivity contribution in [1.82, 2.24) is 0 Å². The van der Waals surface area contributed by atoms with Crippen LogP contribution >= 0.6 is 0 Å². The molecular weight excluding hydrogens is 316 g/mol. The molecule has 3 spiro atoms. The molecule has 0 aromatic rings. The molecule has 4 aliphatic carbocycles. The minimum absolute atomic E-state index is 0.00453. The molecule has 0 aromatic carbocycles. The van der Waals surface area contributed by atoms with Gasteiger partial charge in [0, 0.05) is 10.8 Å². The van der Waals surface area contributed by atoms with Gasteiger partial charge in [0.2, 0.25) is 0 Å². The summed E-state index contributed by atoms with van der Waals surface area (Å²) in [5, 5.41) is 0. The van der Waals surface area contributed by atoms with Gasteiger partial charge in [0.15, 0.2) is 0 Å². The fraction of sp³-hybridized carbons (Fsp3) is 0.952. The van der Waals surface area contributed by atoms with E-state index in [1.807, 2.05) is 0 Å². The lowest BCUT2D eigenvalue weighted by molar-refractivity contribution is -0.185. The number of carbonyl (C=O) groups excluding carboxylic acids is 1. The van der Waals surface area contributed by atoms with Gasteiger partial charge < -0.3 is 14.2 Å². The Balaban J connectivity index is 1.46. The van der Waals surface area contributed by atoms with Gasteiger partial charge in [-0.2, -0.15) is 0 Å². The van der Waals surface area contributed by atoms with E-state index in [0.717, 1.165) is 25.9 Å². The zero-order chi connectivity index (χ0) is 17.3. The first kappa shape index (κ1) is 15.4. The highest BCUT2D eigenvalue weighted by atomic mass is 16.6. The van der Waals surface area contributed by atoms with Gasteiger partial charge in [0.25, 0.3) is 0 Å². The molecule has 0 aromatic heterocycles. The largest absolute Gasteiger partial charge is 0.469 e. The van der Waals surface area contributed by atoms with Crippen LogP contribution < -0.4 is 0 Å². The molecule has 2 aliphatic heterocycles. The molecule has 0 radical (unpaired) electrons. The number of methoxy groups -OCH3 is 1. The van der Waals surface area contributed by atoms with Crippen molar-refractivity contribution < 1.29 is 19.0 Å². The molecule has 6 rings (SSSR count). The maximum Gasteiger partial charge on any atom is 0.311 e. The van der Waals surface area contributed by atoms with Crippen molar-refractivity contribution in [2.24, 2.45) is 28.1 Å². The van der Waals surface area contributed by atoms with Crippen LogP contribution in [0.5, 0.6) is 0 Å². The Morgan fingerprint density at radius 1 is 1.20 bits per heavy atom. The summed E-state index contributed by atoms with van der Waals surface area (Å²) in [6.45, 7) is 5.60. The number of hydrogen-bond acceptors (Lipinski definition) is 4. The van der Waals surface area contributed by atoms with E-state index in [1.54, 1.807) is 7.11 Å². The van der Waals surface area contributed by atoms with Gasteiger partial charge in [-0.15, -0.1) is 0 Å². The van der Waals surface area contributed by atoms with Gasteiger partial charge in [-0.25, -0.2) is 0 Å². The normalized spacial score (nSPS) is 63.4. The van der Waals surface area contributed by atoms with E-state index in [2.05, 4.69) is 13.8 Å². The fourth-order valence-electron chi connectivity index (χ4n) is 8.93. The van der Waals surface area contributed by atoms with Crippen molar-refractivity contribution in [2.45, 2.75) is 82.5 Å². The summed E-state index contributed by atoms with van der Waals surface area (Å²) in [5.41, 5.74) is 0.259. The first-order valence-electron chi connectivity index (χ1n) is 10.3. The second-order valence-corrected chi connectivity index (χ2v) is 10.6. The Kier molecular flexibility index (Phi) is 2.54. The Morgan fingerprint density at radius 2 is 2.00 bits per heavy atom. The van der Waals surface area contributed by atoms with E-state index in [0.29, 0.717) is 23.4 Å². The molecule has 2 heterocycles. The second-order valence-electron chi connectivity index (χ2n) is 10.6. The second kappa shape index (κ2) is 4.11. The van der Waals surface area contributed by atoms with E-state index >= 15 is 0 Å². The van der Waals surface area contributed by atoms with Crippen LogP contribution in [0.1, 0.15) is 65.2 Å². The van der Waals surface area contributed by atoms with Gasteiger partial charge in [-0.3, -0.25) is 4.79 Å². The maximum atomic E-state index is 12.8. The fourth-order valence-corrected chi connectivity index (χ4v) is 8.93. The summed E-state index contributed by atoms with van der Waals surface area (Å²) in [4.78, 5) is 12.8. The Labute approximate surface area is 150 Å². The van der Waals surface area contributed by atoms with Gasteiger partial charge >= 0.3 is 5.97 Å². The van der Waals surface area contributed by atoms with Crippen molar-refractivity contribution in [3.63, 3.8) is 0 Å². The third-order valence-electron chi connectivity index (χ3n) is 9.89. The highest BCUT2D eigenvalue weighted by Crippen LogP contribution is 2.82. The van der Waals surface area contributed by atoms with E-state index in [1.165, 1.54) is 32.1 Å². The molecule has 138 valence electrons. The quantitative estimate of drug-likeness (QED) is 0.539. The summed E-state index contributed by atoms with van der Waals surface area (Å²) in [6, 6.07) is 0. The third-order valence-corrected chi connectivity index (χ3v) is 9.89. The molecule has 4 heteroatoms. The van der Waals surface area contributed by atoms with E-state index in [9.17, 15) is 4.79 Å². The Hall–Kier alpha value is -0.610. The molecule has 4 nitrogen and oxygen atoms in total. The van der Waals surface area contributed by atoms with Crippen LogP contribution in [0.2, 0.25) is 0 Å². The molecule has 25 heavy (non-hydrogen) atoms. The average molecular weight is 346 g/mol. The van der Waals surface area contributed by atoms with Gasteiger partial charge in [0.05, 0.1) is 30.8 Å². The predicted octanol–water partition coefficient (Wildman–Crippen LogP) is 3.47. The van der Waals surface area contributed by atoms with Gasteiger partial charge in [-0.05, 0) is 63.7 Å². The van der Waals surface area contributed by atoms with Crippen LogP contribution in [0, 0.1) is 28.1 Å². The molecule has 0 unspecified atom stereocenters. The number of rotatable bonds is 1. The molecule has 0 amide bonds. The molecule has 2 bridgehead atoms. The van der Waals surface area contributed by atoms with Crippen molar-refractivity contribution >= 4 is 5.97 Å². The van der Waals surface area contributed by atoms with E-state index in [4.69, 9.17) is 14.2 Å². The van der Waals surface area contributed by atoms with Crippen LogP contribution in [0.15, 0.2) is 0 Å². The van der Waals surface area contributed by atoms with Gasteiger partial charge in [-0.1, -0.05) is 13.3 Å². The first-order valence-corrected chi connectivity index (χ1v) is 10.3. The topological polar surface area (TPSA) is 51.4 Å². The Morgan fingerprint density at radius 3 is 2.72 bits per heavy atom. The predicted molar refractivity (Wildman–Crippen MR) is 90.9 cm³/mol. The monoisotopic (exact) mass is 346 g/mol. The smallest absolute Gasteiger partial charge is 0.311 e. The summed E-state index contributed by atoms with van der Waals surface area (Å²) >= 11 is 0. The molecule has 0 N–H and O–H groups in total.